The van der Waals surface area contributed by atoms with Crippen molar-refractivity contribution in [3.63, 3.8) is 0 Å². The summed E-state index contributed by atoms with van der Waals surface area (Å²) in [6.45, 7) is 0. The molecule has 7 heavy (non-hydrogen) atoms. The normalized spacial score (nSPS) is 8.29. The summed E-state index contributed by atoms with van der Waals surface area (Å²) in [6, 6.07) is 0. The average molecular weight is 193 g/mol. The van der Waals surface area contributed by atoms with Crippen LogP contribution in [0.3, 0.4) is 0 Å². The van der Waals surface area contributed by atoms with Gasteiger partial charge < -0.3 is 0 Å². The van der Waals surface area contributed by atoms with E-state index in [0.717, 1.165) is 0 Å². The van der Waals surface area contributed by atoms with Gasteiger partial charge in [-0.15, -0.1) is 0 Å². The number of rotatable bonds is 0. The van der Waals surface area contributed by atoms with E-state index in [1.807, 2.05) is 0 Å². The zero-order valence-corrected chi connectivity index (χ0v) is 3.83. The first kappa shape index (κ1) is 16.0. The Morgan fingerprint density at radius 1 is 1.00 bits per heavy atom. The van der Waals surface area contributed by atoms with Gasteiger partial charge in [0.05, 0.1) is 0 Å². The zero-order valence-electron chi connectivity index (χ0n) is 2.12. The van der Waals surface area contributed by atoms with Crippen molar-refractivity contribution in [1.29, 1.82) is 0 Å². The van der Waals surface area contributed by atoms with Gasteiger partial charge in [-0.3, -0.25) is 0 Å². The molecule has 4 nitrogen and oxygen atoms in total. The topological polar surface area (TPSA) is 74.6 Å². The summed E-state index contributed by atoms with van der Waals surface area (Å²) in [5.74, 6) is 0. The molecule has 0 aliphatic carbocycles. The third kappa shape index (κ3) is 70.5. The maximum absolute atomic E-state index is 8.82. The van der Waals surface area contributed by atoms with Gasteiger partial charge in [0.2, 0.25) is 0 Å². The van der Waals surface area contributed by atoms with E-state index in [4.69, 9.17) is 16.0 Å². The van der Waals surface area contributed by atoms with Crippen LogP contribution < -0.4 is 0 Å². The fraction of sp³-hybridized carbons (Fsp3) is 0. The molecule has 0 fully saturated rings. The molecule has 0 aromatic rings. The van der Waals surface area contributed by atoms with Gasteiger partial charge in [0.15, 0.2) is 0 Å². The zero-order chi connectivity index (χ0) is 4.50. The van der Waals surface area contributed by atoms with Gasteiger partial charge in [-0.25, -0.2) is 0 Å². The van der Waals surface area contributed by atoms with Gasteiger partial charge in [-0.1, -0.05) is 0 Å². The van der Waals surface area contributed by atoms with E-state index >= 15 is 0 Å². The molecular weight excluding hydrogens is 189 g/mol. The van der Waals surface area contributed by atoms with Crippen LogP contribution in [0.25, 0.3) is 0 Å². The summed E-state index contributed by atoms with van der Waals surface area (Å²) in [5.41, 5.74) is 0. The quantitative estimate of drug-likeness (QED) is 0.401. The molecule has 7 heteroatoms. The standard InChI is InChI=1S/2Na.H2O4Se.2H/c;;1-5(2,3)4;;/h;;(H2,1,2,3,4);;. The van der Waals surface area contributed by atoms with Crippen LogP contribution in [0.15, 0.2) is 0 Å². The maximum atomic E-state index is 8.82. The minimum absolute atomic E-state index is 0. The van der Waals surface area contributed by atoms with Gasteiger partial charge in [0.25, 0.3) is 0 Å². The van der Waals surface area contributed by atoms with Crippen LogP contribution in [0.4, 0.5) is 0 Å². The molecule has 0 saturated heterocycles. The van der Waals surface area contributed by atoms with Gasteiger partial charge >= 0.3 is 88.5 Å². The Bertz CT molecular complexity index is 92.9. The first-order valence-electron chi connectivity index (χ1n) is 0.698. The van der Waals surface area contributed by atoms with E-state index in [1.54, 1.807) is 0 Å². The number of hydrogen-bond acceptors (Lipinski definition) is 2. The summed E-state index contributed by atoms with van der Waals surface area (Å²) < 4.78 is 31.9. The van der Waals surface area contributed by atoms with Crippen LogP contribution in [0.5, 0.6) is 0 Å². The van der Waals surface area contributed by atoms with Crippen molar-refractivity contribution < 1.29 is 16.0 Å². The van der Waals surface area contributed by atoms with Crippen molar-refractivity contribution in [2.45, 2.75) is 0 Å². The molecule has 0 radical (unpaired) electrons. The van der Waals surface area contributed by atoms with E-state index in [0.29, 0.717) is 0 Å². The monoisotopic (exact) mass is 194 g/mol. The molecule has 0 amide bonds. The molecule has 0 aromatic carbocycles. The van der Waals surface area contributed by atoms with E-state index < -0.39 is 13.4 Å². The summed E-state index contributed by atoms with van der Waals surface area (Å²) >= 11 is -5.25. The predicted molar refractivity (Wildman–Crippen MR) is 25.9 cm³/mol. The van der Waals surface area contributed by atoms with Crippen molar-refractivity contribution in [1.82, 2.24) is 0 Å². The molecule has 2 N–H and O–H groups in total. The first-order valence-corrected chi connectivity index (χ1v) is 3.63. The molecule has 0 spiro atoms. The second-order valence-corrected chi connectivity index (χ2v) is 2.33. The third-order valence-corrected chi connectivity index (χ3v) is 0. The Hall–Kier alpha value is 2.04. The molecule has 0 saturated carbocycles. The summed E-state index contributed by atoms with van der Waals surface area (Å²) in [6.07, 6.45) is 0. The first-order chi connectivity index (χ1) is 2.00. The van der Waals surface area contributed by atoms with Crippen LogP contribution in [-0.2, 0) is 7.67 Å². The van der Waals surface area contributed by atoms with E-state index in [2.05, 4.69) is 0 Å². The second-order valence-electron chi connectivity index (χ2n) is 0.448. The van der Waals surface area contributed by atoms with Gasteiger partial charge in [0, 0.05) is 0 Å². The molecule has 0 aliphatic rings. The summed E-state index contributed by atoms with van der Waals surface area (Å²) in [4.78, 5) is 0. The van der Waals surface area contributed by atoms with Gasteiger partial charge in [0.1, 0.15) is 0 Å². The minimum atomic E-state index is -5.25. The second kappa shape index (κ2) is 6.16. The molecular formula is H4Na2O4Se. The van der Waals surface area contributed by atoms with Crippen LogP contribution in [0, 0.1) is 0 Å². The predicted octanol–water partition coefficient (Wildman–Crippen LogP) is -3.03. The van der Waals surface area contributed by atoms with Gasteiger partial charge in [-0.2, -0.15) is 0 Å². The van der Waals surface area contributed by atoms with Gasteiger partial charge in [-0.05, 0) is 0 Å². The van der Waals surface area contributed by atoms with Crippen molar-refractivity contribution in [3.8, 4) is 0 Å². The van der Waals surface area contributed by atoms with Crippen LogP contribution in [-0.4, -0.2) is 80.9 Å². The fourth-order valence-electron chi connectivity index (χ4n) is 0. The Kier molecular flexibility index (Phi) is 14.1. The molecule has 0 heterocycles. The molecule has 0 unspecified atom stereocenters. The van der Waals surface area contributed by atoms with Crippen LogP contribution in [0.2, 0.25) is 0 Å². The Balaban J connectivity index is -0.0000000800. The Morgan fingerprint density at radius 3 is 1.00 bits per heavy atom. The van der Waals surface area contributed by atoms with Crippen molar-refractivity contribution in [2.75, 3.05) is 0 Å². The Labute approximate surface area is 87.2 Å². The third-order valence-electron chi connectivity index (χ3n) is 0. The Morgan fingerprint density at radius 2 is 1.00 bits per heavy atom. The summed E-state index contributed by atoms with van der Waals surface area (Å²) in [7, 11) is 0. The molecule has 0 rings (SSSR count). The van der Waals surface area contributed by atoms with Crippen molar-refractivity contribution in [2.24, 2.45) is 0 Å². The molecule has 0 bridgehead atoms. The van der Waals surface area contributed by atoms with E-state index in [1.165, 1.54) is 0 Å². The van der Waals surface area contributed by atoms with Crippen molar-refractivity contribution >= 4 is 72.5 Å². The van der Waals surface area contributed by atoms with E-state index in [9.17, 15) is 0 Å². The van der Waals surface area contributed by atoms with Crippen LogP contribution in [0.1, 0.15) is 0 Å². The molecule has 0 aliphatic heterocycles. The average Bonchev–Trinajstić information content (AvgIpc) is 0.722. The van der Waals surface area contributed by atoms with Crippen LogP contribution >= 0.6 is 0 Å². The fourth-order valence-corrected chi connectivity index (χ4v) is 0. The van der Waals surface area contributed by atoms with E-state index in [-0.39, 0.29) is 59.1 Å². The molecule has 0 atom stereocenters. The molecule has 36 valence electrons. The number of hydrogen-bond donors (Lipinski definition) is 2. The summed E-state index contributed by atoms with van der Waals surface area (Å²) in [5, 5.41) is 0. The molecule has 0 aromatic heterocycles. The SMILES string of the molecule is O=[Se](=O)(O)O.[NaH].[NaH]. The van der Waals surface area contributed by atoms with Crippen molar-refractivity contribution in [3.05, 3.63) is 0 Å².